The third kappa shape index (κ3) is 7.57. The van der Waals surface area contributed by atoms with Crippen LogP contribution < -0.4 is 10.1 Å². The summed E-state index contributed by atoms with van der Waals surface area (Å²) < 4.78 is 10.8. The first kappa shape index (κ1) is 18.6. The lowest BCUT2D eigenvalue weighted by molar-refractivity contribution is 0.140. The van der Waals surface area contributed by atoms with Gasteiger partial charge in [-0.1, -0.05) is 61.5 Å². The van der Waals surface area contributed by atoms with Crippen LogP contribution in [-0.2, 0) is 11.3 Å². The second-order valence-electron chi connectivity index (χ2n) is 5.60. The third-order valence-electron chi connectivity index (χ3n) is 3.43. The Hall–Kier alpha value is -2.75. The van der Waals surface area contributed by atoms with Crippen molar-refractivity contribution in [3.05, 3.63) is 71.8 Å². The predicted molar refractivity (Wildman–Crippen MR) is 101 cm³/mol. The molecule has 4 nitrogen and oxygen atoms in total. The highest BCUT2D eigenvalue weighted by molar-refractivity contribution is 5.67. The molecular formula is C21H25NO3. The molecule has 0 aliphatic rings. The highest BCUT2D eigenvalue weighted by atomic mass is 16.5. The Labute approximate surface area is 149 Å². The van der Waals surface area contributed by atoms with Gasteiger partial charge < -0.3 is 14.8 Å². The van der Waals surface area contributed by atoms with Crippen molar-refractivity contribution in [3.63, 3.8) is 0 Å². The van der Waals surface area contributed by atoms with Crippen molar-refractivity contribution in [2.24, 2.45) is 0 Å². The molecule has 0 unspecified atom stereocenters. The Morgan fingerprint density at radius 2 is 1.96 bits per heavy atom. The molecule has 0 heterocycles. The summed E-state index contributed by atoms with van der Waals surface area (Å²) in [6.45, 7) is 3.63. The minimum Gasteiger partial charge on any atom is -0.494 e. The molecule has 1 N–H and O–H groups in total. The van der Waals surface area contributed by atoms with Gasteiger partial charge in [0, 0.05) is 6.54 Å². The number of amides is 1. The fourth-order valence-corrected chi connectivity index (χ4v) is 2.18. The molecule has 0 spiro atoms. The van der Waals surface area contributed by atoms with Gasteiger partial charge in [0.25, 0.3) is 0 Å². The fourth-order valence-electron chi connectivity index (χ4n) is 2.18. The van der Waals surface area contributed by atoms with Crippen molar-refractivity contribution in [3.8, 4) is 5.75 Å². The first-order valence-corrected chi connectivity index (χ1v) is 8.62. The van der Waals surface area contributed by atoms with Crippen molar-refractivity contribution in [2.45, 2.75) is 26.4 Å². The van der Waals surface area contributed by atoms with E-state index >= 15 is 0 Å². The molecule has 25 heavy (non-hydrogen) atoms. The standard InChI is InChI=1S/C21H25NO3/c1-2-15-24-20-13-8-12-18(16-20)9-6-7-14-22-21(23)25-17-19-10-4-3-5-11-19/h3-6,8-13,16H,2,7,14-15,17H2,1H3,(H,22,23). The molecule has 0 aliphatic heterocycles. The summed E-state index contributed by atoms with van der Waals surface area (Å²) >= 11 is 0. The maximum Gasteiger partial charge on any atom is 0.407 e. The molecule has 1 amide bonds. The normalized spacial score (nSPS) is 10.6. The van der Waals surface area contributed by atoms with E-state index in [1.54, 1.807) is 0 Å². The number of alkyl carbamates (subject to hydrolysis) is 1. The van der Waals surface area contributed by atoms with Crippen LogP contribution in [0.3, 0.4) is 0 Å². The average molecular weight is 339 g/mol. The Kier molecular flexibility index (Phi) is 8.12. The molecule has 2 rings (SSSR count). The van der Waals surface area contributed by atoms with Crippen molar-refractivity contribution < 1.29 is 14.3 Å². The highest BCUT2D eigenvalue weighted by Crippen LogP contribution is 2.14. The quantitative estimate of drug-likeness (QED) is 0.667. The molecule has 2 aromatic rings. The average Bonchev–Trinajstić information content (AvgIpc) is 2.65. The Morgan fingerprint density at radius 1 is 1.12 bits per heavy atom. The minimum atomic E-state index is -0.396. The van der Waals surface area contributed by atoms with E-state index in [4.69, 9.17) is 9.47 Å². The smallest absolute Gasteiger partial charge is 0.407 e. The topological polar surface area (TPSA) is 47.6 Å². The van der Waals surface area contributed by atoms with Gasteiger partial charge in [-0.2, -0.15) is 0 Å². The molecular weight excluding hydrogens is 314 g/mol. The summed E-state index contributed by atoms with van der Waals surface area (Å²) in [5, 5.41) is 2.74. The van der Waals surface area contributed by atoms with Gasteiger partial charge in [0.2, 0.25) is 0 Å². The third-order valence-corrected chi connectivity index (χ3v) is 3.43. The Bertz CT molecular complexity index is 668. The molecule has 0 bridgehead atoms. The lowest BCUT2D eigenvalue weighted by Gasteiger charge is -2.06. The van der Waals surface area contributed by atoms with Gasteiger partial charge in [-0.25, -0.2) is 4.79 Å². The molecule has 0 saturated heterocycles. The van der Waals surface area contributed by atoms with Crippen LogP contribution >= 0.6 is 0 Å². The van der Waals surface area contributed by atoms with Crippen LogP contribution in [0.4, 0.5) is 4.79 Å². The first-order chi connectivity index (χ1) is 12.3. The molecule has 0 atom stereocenters. The van der Waals surface area contributed by atoms with E-state index in [0.29, 0.717) is 6.54 Å². The molecule has 2 aromatic carbocycles. The summed E-state index contributed by atoms with van der Waals surface area (Å²) in [4.78, 5) is 11.6. The van der Waals surface area contributed by atoms with Gasteiger partial charge in [-0.05, 0) is 36.1 Å². The lowest BCUT2D eigenvalue weighted by Crippen LogP contribution is -2.24. The van der Waals surface area contributed by atoms with Crippen LogP contribution in [-0.4, -0.2) is 19.2 Å². The number of hydrogen-bond acceptors (Lipinski definition) is 3. The number of carbonyl (C=O) groups excluding carboxylic acids is 1. The van der Waals surface area contributed by atoms with E-state index in [-0.39, 0.29) is 6.61 Å². The number of rotatable bonds is 9. The number of hydrogen-bond donors (Lipinski definition) is 1. The van der Waals surface area contributed by atoms with Gasteiger partial charge in [-0.15, -0.1) is 0 Å². The van der Waals surface area contributed by atoms with E-state index in [1.165, 1.54) is 0 Å². The minimum absolute atomic E-state index is 0.285. The fraction of sp³-hybridized carbons (Fsp3) is 0.286. The number of carbonyl (C=O) groups is 1. The van der Waals surface area contributed by atoms with Gasteiger partial charge >= 0.3 is 6.09 Å². The van der Waals surface area contributed by atoms with E-state index in [9.17, 15) is 4.79 Å². The Morgan fingerprint density at radius 3 is 2.76 bits per heavy atom. The monoisotopic (exact) mass is 339 g/mol. The zero-order valence-electron chi connectivity index (χ0n) is 14.6. The summed E-state index contributed by atoms with van der Waals surface area (Å²) in [5.41, 5.74) is 2.06. The lowest BCUT2D eigenvalue weighted by atomic mass is 10.2. The summed E-state index contributed by atoms with van der Waals surface area (Å²) in [7, 11) is 0. The van der Waals surface area contributed by atoms with E-state index in [2.05, 4.69) is 12.2 Å². The molecule has 132 valence electrons. The largest absolute Gasteiger partial charge is 0.494 e. The first-order valence-electron chi connectivity index (χ1n) is 8.62. The summed E-state index contributed by atoms with van der Waals surface area (Å²) in [6, 6.07) is 17.6. The SMILES string of the molecule is CCCOc1cccc(C=CCCNC(=O)OCc2ccccc2)c1. The van der Waals surface area contributed by atoms with Crippen LogP contribution in [0.25, 0.3) is 6.08 Å². The molecule has 0 aliphatic carbocycles. The van der Waals surface area contributed by atoms with E-state index in [1.807, 2.05) is 66.7 Å². The molecule has 0 fully saturated rings. The zero-order valence-corrected chi connectivity index (χ0v) is 14.6. The highest BCUT2D eigenvalue weighted by Gasteiger charge is 2.00. The number of nitrogens with one attached hydrogen (secondary N) is 1. The van der Waals surface area contributed by atoms with Crippen molar-refractivity contribution in [1.82, 2.24) is 5.32 Å². The molecule has 4 heteroatoms. The van der Waals surface area contributed by atoms with Crippen LogP contribution in [0, 0.1) is 0 Å². The summed E-state index contributed by atoms with van der Waals surface area (Å²) in [6.07, 6.45) is 5.38. The van der Waals surface area contributed by atoms with Crippen LogP contribution in [0.5, 0.6) is 5.75 Å². The molecule has 0 aromatic heterocycles. The second-order valence-corrected chi connectivity index (χ2v) is 5.60. The van der Waals surface area contributed by atoms with Crippen LogP contribution in [0.1, 0.15) is 30.9 Å². The molecule has 0 radical (unpaired) electrons. The van der Waals surface area contributed by atoms with Gasteiger partial charge in [0.05, 0.1) is 6.61 Å². The van der Waals surface area contributed by atoms with Gasteiger partial charge in [0.15, 0.2) is 0 Å². The molecule has 0 saturated carbocycles. The maximum atomic E-state index is 11.6. The van der Waals surface area contributed by atoms with Crippen LogP contribution in [0.15, 0.2) is 60.7 Å². The van der Waals surface area contributed by atoms with Crippen molar-refractivity contribution in [2.75, 3.05) is 13.2 Å². The second kappa shape index (κ2) is 10.9. The predicted octanol–water partition coefficient (Wildman–Crippen LogP) is 4.81. The van der Waals surface area contributed by atoms with E-state index < -0.39 is 6.09 Å². The van der Waals surface area contributed by atoms with Crippen molar-refractivity contribution >= 4 is 12.2 Å². The van der Waals surface area contributed by atoms with Crippen molar-refractivity contribution in [1.29, 1.82) is 0 Å². The zero-order chi connectivity index (χ0) is 17.7. The van der Waals surface area contributed by atoms with E-state index in [0.717, 1.165) is 36.3 Å². The number of benzene rings is 2. The summed E-state index contributed by atoms with van der Waals surface area (Å²) in [5.74, 6) is 0.881. The van der Waals surface area contributed by atoms with Gasteiger partial charge in [0.1, 0.15) is 12.4 Å². The van der Waals surface area contributed by atoms with Gasteiger partial charge in [-0.3, -0.25) is 0 Å². The number of ether oxygens (including phenoxy) is 2. The maximum absolute atomic E-state index is 11.6. The Balaban J connectivity index is 1.65. The van der Waals surface area contributed by atoms with Crippen LogP contribution in [0.2, 0.25) is 0 Å².